The summed E-state index contributed by atoms with van der Waals surface area (Å²) in [5.74, 6) is -1.57. The van der Waals surface area contributed by atoms with Gasteiger partial charge in [-0.15, -0.1) is 0 Å². The number of aromatic nitrogens is 1. The summed E-state index contributed by atoms with van der Waals surface area (Å²) in [7, 11) is 0. The molecule has 0 saturated heterocycles. The van der Waals surface area contributed by atoms with Crippen LogP contribution in [0.15, 0.2) is 41.0 Å². The molecular weight excluding hydrogens is 348 g/mol. The molecule has 0 unspecified atom stereocenters. The number of hydrogen-bond donors (Lipinski definition) is 2. The van der Waals surface area contributed by atoms with Crippen molar-refractivity contribution in [3.8, 4) is 0 Å². The first-order valence-electron chi connectivity index (χ1n) is 5.43. The Morgan fingerprint density at radius 3 is 2.60 bits per heavy atom. The summed E-state index contributed by atoms with van der Waals surface area (Å²) in [6.07, 6.45) is 1.12. The van der Waals surface area contributed by atoms with Crippen molar-refractivity contribution < 1.29 is 14.7 Å². The van der Waals surface area contributed by atoms with Gasteiger partial charge in [-0.2, -0.15) is 0 Å². The van der Waals surface area contributed by atoms with Gasteiger partial charge in [0.2, 0.25) is 0 Å². The van der Waals surface area contributed by atoms with Gasteiger partial charge in [-0.3, -0.25) is 9.78 Å². The van der Waals surface area contributed by atoms with Gasteiger partial charge in [-0.05, 0) is 30.3 Å². The number of amides is 1. The zero-order valence-electron chi connectivity index (χ0n) is 9.93. The van der Waals surface area contributed by atoms with E-state index >= 15 is 0 Å². The number of pyridine rings is 1. The Morgan fingerprint density at radius 2 is 2.00 bits per heavy atom. The fourth-order valence-corrected chi connectivity index (χ4v) is 1.96. The van der Waals surface area contributed by atoms with Gasteiger partial charge >= 0.3 is 5.97 Å². The number of nitrogens with one attached hydrogen (secondary N) is 1. The Kier molecular flexibility index (Phi) is 4.36. The number of carboxylic acid groups (broad SMARTS) is 1. The lowest BCUT2D eigenvalue weighted by Gasteiger charge is -2.07. The zero-order chi connectivity index (χ0) is 14.7. The molecule has 2 aromatic rings. The first-order valence-corrected chi connectivity index (χ1v) is 6.60. The third-order valence-corrected chi connectivity index (χ3v) is 3.24. The minimum absolute atomic E-state index is 0.0158. The highest BCUT2D eigenvalue weighted by molar-refractivity contribution is 9.10. The summed E-state index contributed by atoms with van der Waals surface area (Å²) in [5.41, 5.74) is 0.559. The van der Waals surface area contributed by atoms with Crippen molar-refractivity contribution >= 4 is 45.1 Å². The number of halogens is 2. The van der Waals surface area contributed by atoms with Crippen LogP contribution in [0.5, 0.6) is 0 Å². The lowest BCUT2D eigenvalue weighted by atomic mass is 10.2. The van der Waals surface area contributed by atoms with E-state index in [0.29, 0.717) is 10.7 Å². The molecule has 1 heterocycles. The molecule has 0 saturated carbocycles. The van der Waals surface area contributed by atoms with Crippen molar-refractivity contribution in [2.75, 3.05) is 5.32 Å². The average molecular weight is 356 g/mol. The Morgan fingerprint density at radius 1 is 1.25 bits per heavy atom. The molecule has 0 aliphatic rings. The highest BCUT2D eigenvalue weighted by Gasteiger charge is 2.11. The molecule has 20 heavy (non-hydrogen) atoms. The smallest absolute Gasteiger partial charge is 0.337 e. The van der Waals surface area contributed by atoms with E-state index in [9.17, 15) is 9.59 Å². The molecule has 7 heteroatoms. The van der Waals surface area contributed by atoms with Crippen LogP contribution in [0, 0.1) is 0 Å². The minimum Gasteiger partial charge on any atom is -0.478 e. The number of benzene rings is 1. The third kappa shape index (κ3) is 3.34. The highest BCUT2D eigenvalue weighted by Crippen LogP contribution is 2.26. The van der Waals surface area contributed by atoms with E-state index in [1.165, 1.54) is 12.1 Å². The van der Waals surface area contributed by atoms with E-state index in [0.717, 1.165) is 10.7 Å². The van der Waals surface area contributed by atoms with E-state index in [1.807, 2.05) is 0 Å². The fourth-order valence-electron chi connectivity index (χ4n) is 1.43. The monoisotopic (exact) mass is 354 g/mol. The molecule has 1 aromatic carbocycles. The summed E-state index contributed by atoms with van der Waals surface area (Å²) in [4.78, 5) is 26.5. The quantitative estimate of drug-likeness (QED) is 0.884. The van der Waals surface area contributed by atoms with Crippen molar-refractivity contribution in [3.63, 3.8) is 0 Å². The first-order chi connectivity index (χ1) is 9.47. The van der Waals surface area contributed by atoms with Crippen molar-refractivity contribution in [1.82, 2.24) is 4.98 Å². The van der Waals surface area contributed by atoms with Crippen LogP contribution >= 0.6 is 27.5 Å². The predicted octanol–water partition coefficient (Wildman–Crippen LogP) is 3.45. The topological polar surface area (TPSA) is 79.3 Å². The number of carbonyl (C=O) groups is 2. The van der Waals surface area contributed by atoms with Crippen LogP contribution in [0.4, 0.5) is 5.69 Å². The highest BCUT2D eigenvalue weighted by atomic mass is 79.9. The van der Waals surface area contributed by atoms with E-state index in [4.69, 9.17) is 16.7 Å². The van der Waals surface area contributed by atoms with Crippen LogP contribution in [0.3, 0.4) is 0 Å². The summed E-state index contributed by atoms with van der Waals surface area (Å²) >= 11 is 9.24. The van der Waals surface area contributed by atoms with Gasteiger partial charge in [0.05, 0.1) is 16.3 Å². The Bertz CT molecular complexity index is 674. The minimum atomic E-state index is -1.10. The van der Waals surface area contributed by atoms with E-state index in [-0.39, 0.29) is 11.3 Å². The van der Waals surface area contributed by atoms with Crippen LogP contribution < -0.4 is 5.32 Å². The Balaban J connectivity index is 2.19. The number of hydrogen-bond acceptors (Lipinski definition) is 3. The standard InChI is InChI=1S/C13H8BrClN2O3/c14-8-2-3-9(15)11(5-8)17-12(18)10-4-1-7(6-16-10)13(19)20/h1-6H,(H,17,18)(H,19,20). The van der Waals surface area contributed by atoms with Crippen molar-refractivity contribution in [2.45, 2.75) is 0 Å². The van der Waals surface area contributed by atoms with Gasteiger partial charge in [-0.1, -0.05) is 27.5 Å². The van der Waals surface area contributed by atoms with Gasteiger partial charge in [0.25, 0.3) is 5.91 Å². The van der Waals surface area contributed by atoms with E-state index in [1.54, 1.807) is 18.2 Å². The molecule has 2 N–H and O–H groups in total. The molecule has 0 bridgehead atoms. The molecule has 0 atom stereocenters. The Hall–Kier alpha value is -1.92. The molecule has 0 spiro atoms. The van der Waals surface area contributed by atoms with Gasteiger partial charge in [0.15, 0.2) is 0 Å². The van der Waals surface area contributed by atoms with Crippen molar-refractivity contribution in [1.29, 1.82) is 0 Å². The third-order valence-electron chi connectivity index (χ3n) is 2.42. The SMILES string of the molecule is O=C(O)c1ccc(C(=O)Nc2cc(Br)ccc2Cl)nc1. The second kappa shape index (κ2) is 6.02. The Labute approximate surface area is 127 Å². The van der Waals surface area contributed by atoms with Crippen LogP contribution in [0.2, 0.25) is 5.02 Å². The summed E-state index contributed by atoms with van der Waals surface area (Å²) in [6, 6.07) is 7.70. The molecule has 0 aliphatic heterocycles. The lowest BCUT2D eigenvalue weighted by molar-refractivity contribution is 0.0696. The number of nitrogens with zero attached hydrogens (tertiary/aromatic N) is 1. The molecule has 5 nitrogen and oxygen atoms in total. The predicted molar refractivity (Wildman–Crippen MR) is 78.3 cm³/mol. The number of rotatable bonds is 3. The number of carboxylic acids is 1. The zero-order valence-corrected chi connectivity index (χ0v) is 12.3. The van der Waals surface area contributed by atoms with E-state index in [2.05, 4.69) is 26.2 Å². The number of anilines is 1. The van der Waals surface area contributed by atoms with Gasteiger partial charge in [0.1, 0.15) is 5.69 Å². The second-order valence-corrected chi connectivity index (χ2v) is 5.14. The summed E-state index contributed by atoms with van der Waals surface area (Å²) in [6.45, 7) is 0. The maximum absolute atomic E-state index is 12.0. The molecule has 2 rings (SSSR count). The number of aromatic carboxylic acids is 1. The first kappa shape index (κ1) is 14.5. The van der Waals surface area contributed by atoms with Crippen molar-refractivity contribution in [3.05, 3.63) is 57.3 Å². The summed E-state index contributed by atoms with van der Waals surface area (Å²) in [5, 5.41) is 11.8. The molecule has 102 valence electrons. The molecular formula is C13H8BrClN2O3. The maximum Gasteiger partial charge on any atom is 0.337 e. The normalized spacial score (nSPS) is 10.1. The van der Waals surface area contributed by atoms with Gasteiger partial charge in [0, 0.05) is 10.7 Å². The largest absolute Gasteiger partial charge is 0.478 e. The molecule has 1 amide bonds. The van der Waals surface area contributed by atoms with Crippen molar-refractivity contribution in [2.24, 2.45) is 0 Å². The van der Waals surface area contributed by atoms with Gasteiger partial charge in [-0.25, -0.2) is 4.79 Å². The van der Waals surface area contributed by atoms with Crippen LogP contribution in [0.1, 0.15) is 20.8 Å². The molecule has 1 aromatic heterocycles. The van der Waals surface area contributed by atoms with Gasteiger partial charge < -0.3 is 10.4 Å². The van der Waals surface area contributed by atoms with Crippen LogP contribution in [-0.2, 0) is 0 Å². The van der Waals surface area contributed by atoms with Crippen LogP contribution in [-0.4, -0.2) is 22.0 Å². The lowest BCUT2D eigenvalue weighted by Crippen LogP contribution is -2.14. The molecule has 0 aliphatic carbocycles. The van der Waals surface area contributed by atoms with E-state index < -0.39 is 11.9 Å². The average Bonchev–Trinajstić information content (AvgIpc) is 2.43. The second-order valence-electron chi connectivity index (χ2n) is 3.82. The molecule has 0 radical (unpaired) electrons. The molecule has 0 fully saturated rings. The number of carbonyl (C=O) groups excluding carboxylic acids is 1. The summed E-state index contributed by atoms with van der Waals surface area (Å²) < 4.78 is 0.770. The fraction of sp³-hybridized carbons (Fsp3) is 0. The van der Waals surface area contributed by atoms with Crippen LogP contribution in [0.25, 0.3) is 0 Å². The maximum atomic E-state index is 12.0.